The predicted octanol–water partition coefficient (Wildman–Crippen LogP) is 3.72. The van der Waals surface area contributed by atoms with E-state index in [0.717, 1.165) is 61.8 Å². The summed E-state index contributed by atoms with van der Waals surface area (Å²) in [4.78, 5) is 19.4. The minimum atomic E-state index is -0.227. The third-order valence-corrected chi connectivity index (χ3v) is 6.60. The summed E-state index contributed by atoms with van der Waals surface area (Å²) in [5, 5.41) is 0. The van der Waals surface area contributed by atoms with Crippen LogP contribution in [0.1, 0.15) is 30.9 Å². The summed E-state index contributed by atoms with van der Waals surface area (Å²) in [7, 11) is 3.34. The third kappa shape index (κ3) is 4.99. The van der Waals surface area contributed by atoms with Gasteiger partial charge in [-0.1, -0.05) is 6.07 Å². The van der Waals surface area contributed by atoms with Crippen LogP contribution >= 0.6 is 0 Å². The Morgan fingerprint density at radius 2 is 1.75 bits per heavy atom. The van der Waals surface area contributed by atoms with Crippen LogP contribution < -0.4 is 14.4 Å². The quantitative estimate of drug-likeness (QED) is 0.655. The first-order valence-electron chi connectivity index (χ1n) is 11.3. The molecule has 2 aliphatic rings. The number of carbonyl (C=O) groups excluding carboxylic acids is 1. The van der Waals surface area contributed by atoms with Gasteiger partial charge in [-0.2, -0.15) is 0 Å². The van der Waals surface area contributed by atoms with E-state index in [1.807, 2.05) is 17.0 Å². The number of nitrogens with zero attached hydrogens (tertiary/aromatic N) is 3. The molecule has 2 aromatic carbocycles. The smallest absolute Gasteiger partial charge is 0.223 e. The first-order chi connectivity index (χ1) is 15.6. The van der Waals surface area contributed by atoms with Crippen LogP contribution in [0, 0.1) is 5.82 Å². The molecule has 7 heteroatoms. The monoisotopic (exact) mass is 441 g/mol. The molecule has 0 aromatic heterocycles. The summed E-state index contributed by atoms with van der Waals surface area (Å²) in [6.45, 7) is 4.68. The second-order valence-electron chi connectivity index (χ2n) is 8.40. The summed E-state index contributed by atoms with van der Waals surface area (Å²) in [6.07, 6.45) is 2.70. The lowest BCUT2D eigenvalue weighted by Crippen LogP contribution is -2.49. The summed E-state index contributed by atoms with van der Waals surface area (Å²) in [6, 6.07) is 12.8. The number of rotatable bonds is 7. The number of amides is 1. The molecular weight excluding hydrogens is 409 g/mol. The van der Waals surface area contributed by atoms with Crippen LogP contribution in [0.5, 0.6) is 11.5 Å². The molecule has 0 spiro atoms. The second kappa shape index (κ2) is 10.2. The second-order valence-corrected chi connectivity index (χ2v) is 8.40. The Morgan fingerprint density at radius 3 is 2.44 bits per heavy atom. The van der Waals surface area contributed by atoms with Gasteiger partial charge in [0.2, 0.25) is 5.91 Å². The van der Waals surface area contributed by atoms with E-state index >= 15 is 0 Å². The number of methoxy groups -OCH3 is 2. The number of anilines is 1. The molecule has 2 fully saturated rings. The van der Waals surface area contributed by atoms with Gasteiger partial charge in [0.25, 0.3) is 0 Å². The van der Waals surface area contributed by atoms with Crippen molar-refractivity contribution in [2.24, 2.45) is 0 Å². The van der Waals surface area contributed by atoms with E-state index in [4.69, 9.17) is 9.47 Å². The van der Waals surface area contributed by atoms with Crippen LogP contribution in [-0.2, 0) is 4.79 Å². The Balaban J connectivity index is 1.30. The van der Waals surface area contributed by atoms with Crippen molar-refractivity contribution >= 4 is 11.6 Å². The number of hydrogen-bond acceptors (Lipinski definition) is 5. The highest BCUT2D eigenvalue weighted by Gasteiger charge is 2.29. The molecule has 2 saturated heterocycles. The fraction of sp³-hybridized carbons (Fsp3) is 0.480. The zero-order chi connectivity index (χ0) is 22.5. The summed E-state index contributed by atoms with van der Waals surface area (Å²) >= 11 is 0. The van der Waals surface area contributed by atoms with E-state index < -0.39 is 0 Å². The van der Waals surface area contributed by atoms with Crippen LogP contribution in [0.2, 0.25) is 0 Å². The molecule has 2 aliphatic heterocycles. The highest BCUT2D eigenvalue weighted by atomic mass is 19.1. The molecule has 0 aliphatic carbocycles. The number of piperazine rings is 1. The van der Waals surface area contributed by atoms with Gasteiger partial charge < -0.3 is 19.3 Å². The standard InChI is InChI=1S/C25H32FN3O3/c1-31-21-9-10-22(24(18-21)32-2)23-4-3-12-28(23)13-11-25(30)29-16-14-27(15-17-29)20-7-5-19(26)6-8-20/h5-10,18,23H,3-4,11-17H2,1-2H3. The van der Waals surface area contributed by atoms with E-state index in [-0.39, 0.29) is 17.8 Å². The zero-order valence-electron chi connectivity index (χ0n) is 18.9. The number of likely N-dealkylation sites (tertiary alicyclic amines) is 1. The molecule has 0 radical (unpaired) electrons. The van der Waals surface area contributed by atoms with Crippen LogP contribution in [0.3, 0.4) is 0 Å². The lowest BCUT2D eigenvalue weighted by atomic mass is 10.0. The number of benzene rings is 2. The largest absolute Gasteiger partial charge is 0.497 e. The van der Waals surface area contributed by atoms with E-state index in [1.165, 1.54) is 12.1 Å². The van der Waals surface area contributed by atoms with Crippen molar-refractivity contribution in [3.05, 3.63) is 53.8 Å². The molecule has 0 N–H and O–H groups in total. The Kier molecular flexibility index (Phi) is 7.15. The van der Waals surface area contributed by atoms with E-state index in [1.54, 1.807) is 26.4 Å². The van der Waals surface area contributed by atoms with E-state index in [9.17, 15) is 9.18 Å². The molecule has 4 rings (SSSR count). The van der Waals surface area contributed by atoms with Crippen LogP contribution in [0.15, 0.2) is 42.5 Å². The third-order valence-electron chi connectivity index (χ3n) is 6.60. The minimum Gasteiger partial charge on any atom is -0.497 e. The molecule has 2 aromatic rings. The number of halogens is 1. The maximum atomic E-state index is 13.2. The van der Waals surface area contributed by atoms with Gasteiger partial charge in [-0.15, -0.1) is 0 Å². The van der Waals surface area contributed by atoms with E-state index in [0.29, 0.717) is 19.5 Å². The summed E-state index contributed by atoms with van der Waals surface area (Å²) in [5.74, 6) is 1.60. The molecule has 0 bridgehead atoms. The highest BCUT2D eigenvalue weighted by molar-refractivity contribution is 5.76. The molecule has 172 valence electrons. The molecule has 1 unspecified atom stereocenters. The fourth-order valence-corrected chi connectivity index (χ4v) is 4.80. The topological polar surface area (TPSA) is 45.2 Å². The molecular formula is C25H32FN3O3. The Bertz CT molecular complexity index is 913. The molecule has 2 heterocycles. The van der Waals surface area contributed by atoms with Crippen molar-refractivity contribution in [1.29, 1.82) is 0 Å². The maximum absolute atomic E-state index is 13.2. The average molecular weight is 442 g/mol. The van der Waals surface area contributed by atoms with Gasteiger partial charge in [0, 0.05) is 62.5 Å². The van der Waals surface area contributed by atoms with Crippen molar-refractivity contribution in [3.63, 3.8) is 0 Å². The first kappa shape index (κ1) is 22.4. The van der Waals surface area contributed by atoms with Gasteiger partial charge in [-0.3, -0.25) is 9.69 Å². The van der Waals surface area contributed by atoms with Gasteiger partial charge in [-0.05, 0) is 49.7 Å². The van der Waals surface area contributed by atoms with Gasteiger partial charge in [0.05, 0.1) is 14.2 Å². The SMILES string of the molecule is COc1ccc(C2CCCN2CCC(=O)N2CCN(c3ccc(F)cc3)CC2)c(OC)c1. The lowest BCUT2D eigenvalue weighted by molar-refractivity contribution is -0.131. The number of ether oxygens (including phenoxy) is 2. The summed E-state index contributed by atoms with van der Waals surface area (Å²) < 4.78 is 24.1. The predicted molar refractivity (Wildman–Crippen MR) is 123 cm³/mol. The Hall–Kier alpha value is -2.80. The summed E-state index contributed by atoms with van der Waals surface area (Å²) in [5.41, 5.74) is 2.16. The average Bonchev–Trinajstić information content (AvgIpc) is 3.31. The maximum Gasteiger partial charge on any atom is 0.223 e. The normalized spacial score (nSPS) is 19.3. The van der Waals surface area contributed by atoms with Crippen LogP contribution in [0.25, 0.3) is 0 Å². The molecule has 6 nitrogen and oxygen atoms in total. The number of hydrogen-bond donors (Lipinski definition) is 0. The lowest BCUT2D eigenvalue weighted by Gasteiger charge is -2.36. The van der Waals surface area contributed by atoms with Crippen molar-refractivity contribution in [2.75, 3.05) is 58.4 Å². The molecule has 1 atom stereocenters. The Labute approximate surface area is 189 Å². The first-order valence-corrected chi connectivity index (χ1v) is 11.3. The van der Waals surface area contributed by atoms with Crippen LogP contribution in [-0.4, -0.2) is 69.2 Å². The van der Waals surface area contributed by atoms with Crippen molar-refractivity contribution < 1.29 is 18.7 Å². The highest BCUT2D eigenvalue weighted by Crippen LogP contribution is 2.38. The van der Waals surface area contributed by atoms with Gasteiger partial charge in [-0.25, -0.2) is 4.39 Å². The number of carbonyl (C=O) groups is 1. The zero-order valence-corrected chi connectivity index (χ0v) is 18.9. The van der Waals surface area contributed by atoms with Crippen molar-refractivity contribution in [3.8, 4) is 11.5 Å². The molecule has 0 saturated carbocycles. The molecule has 1 amide bonds. The molecule has 32 heavy (non-hydrogen) atoms. The minimum absolute atomic E-state index is 0.205. The Morgan fingerprint density at radius 1 is 1.00 bits per heavy atom. The van der Waals surface area contributed by atoms with Gasteiger partial charge in [0.1, 0.15) is 17.3 Å². The van der Waals surface area contributed by atoms with E-state index in [2.05, 4.69) is 15.9 Å². The van der Waals surface area contributed by atoms with Crippen molar-refractivity contribution in [1.82, 2.24) is 9.80 Å². The van der Waals surface area contributed by atoms with Gasteiger partial charge in [0.15, 0.2) is 0 Å². The fourth-order valence-electron chi connectivity index (χ4n) is 4.80. The van der Waals surface area contributed by atoms with Crippen LogP contribution in [0.4, 0.5) is 10.1 Å². The van der Waals surface area contributed by atoms with Crippen molar-refractivity contribution in [2.45, 2.75) is 25.3 Å². The van der Waals surface area contributed by atoms with Gasteiger partial charge >= 0.3 is 0 Å².